The summed E-state index contributed by atoms with van der Waals surface area (Å²) in [7, 11) is -3.73. The minimum atomic E-state index is -3.73. The third-order valence-electron chi connectivity index (χ3n) is 4.37. The maximum absolute atomic E-state index is 12.5. The molecule has 1 fully saturated rings. The van der Waals surface area contributed by atoms with Crippen LogP contribution in [0, 0.1) is 11.8 Å². The number of hydrogen-bond acceptors (Lipinski definition) is 3. The first kappa shape index (κ1) is 17.0. The maximum Gasteiger partial charge on any atom is 0.242 e. The highest BCUT2D eigenvalue weighted by Crippen LogP contribution is 2.34. The van der Waals surface area contributed by atoms with Crippen molar-refractivity contribution in [3.8, 4) is 0 Å². The van der Waals surface area contributed by atoms with Crippen molar-refractivity contribution in [1.29, 1.82) is 0 Å². The normalized spacial score (nSPS) is 26.2. The van der Waals surface area contributed by atoms with Crippen molar-refractivity contribution in [2.24, 2.45) is 11.8 Å². The van der Waals surface area contributed by atoms with E-state index in [1.165, 1.54) is 12.1 Å². The fourth-order valence-electron chi connectivity index (χ4n) is 2.72. The first-order valence-corrected chi connectivity index (χ1v) is 9.12. The molecule has 1 aromatic carbocycles. The second kappa shape index (κ2) is 6.42. The molecule has 1 aliphatic carbocycles. The van der Waals surface area contributed by atoms with Gasteiger partial charge in [-0.15, -0.1) is 0 Å². The van der Waals surface area contributed by atoms with Crippen molar-refractivity contribution in [3.05, 3.63) is 27.7 Å². The van der Waals surface area contributed by atoms with Gasteiger partial charge in [0.2, 0.25) is 10.0 Å². The largest absolute Gasteiger partial charge is 0.392 e. The van der Waals surface area contributed by atoms with Gasteiger partial charge in [-0.25, -0.2) is 13.1 Å². The molecule has 0 amide bonds. The van der Waals surface area contributed by atoms with E-state index in [1.54, 1.807) is 0 Å². The summed E-state index contributed by atoms with van der Waals surface area (Å²) in [6, 6.07) is 2.72. The van der Waals surface area contributed by atoms with Crippen molar-refractivity contribution in [2.75, 3.05) is 0 Å². The summed E-state index contributed by atoms with van der Waals surface area (Å²) in [6.07, 6.45) is 1.82. The molecule has 1 aromatic rings. The predicted octanol–water partition coefficient (Wildman–Crippen LogP) is 3.20. The number of halogens is 2. The van der Waals surface area contributed by atoms with Crippen LogP contribution in [0.2, 0.25) is 10.0 Å². The molecule has 0 aromatic heterocycles. The standard InChI is InChI=1S/C14H19Cl2NO3S/c1-8-3-5-12(9(8)2)17-21(19,20)13-6-4-11(15)10(7-18)14(13)16/h4,6,8-9,12,17-18H,3,5,7H2,1-2H3. The van der Waals surface area contributed by atoms with Gasteiger partial charge in [0.05, 0.1) is 11.6 Å². The molecule has 0 bridgehead atoms. The summed E-state index contributed by atoms with van der Waals surface area (Å²) in [5.41, 5.74) is 0.231. The number of aliphatic hydroxyl groups excluding tert-OH is 1. The zero-order valence-electron chi connectivity index (χ0n) is 11.9. The topological polar surface area (TPSA) is 66.4 Å². The van der Waals surface area contributed by atoms with Gasteiger partial charge < -0.3 is 5.11 Å². The number of sulfonamides is 1. The summed E-state index contributed by atoms with van der Waals surface area (Å²) >= 11 is 12.0. The van der Waals surface area contributed by atoms with Gasteiger partial charge in [0.15, 0.2) is 0 Å². The Morgan fingerprint density at radius 2 is 1.95 bits per heavy atom. The Labute approximate surface area is 135 Å². The van der Waals surface area contributed by atoms with E-state index in [2.05, 4.69) is 11.6 Å². The Balaban J connectivity index is 2.32. The van der Waals surface area contributed by atoms with E-state index >= 15 is 0 Å². The monoisotopic (exact) mass is 351 g/mol. The molecular formula is C14H19Cl2NO3S. The van der Waals surface area contributed by atoms with Crippen LogP contribution in [0.25, 0.3) is 0 Å². The van der Waals surface area contributed by atoms with Crippen LogP contribution in [0.4, 0.5) is 0 Å². The van der Waals surface area contributed by atoms with Gasteiger partial charge in [0.25, 0.3) is 0 Å². The molecule has 4 nitrogen and oxygen atoms in total. The smallest absolute Gasteiger partial charge is 0.242 e. The van der Waals surface area contributed by atoms with E-state index in [0.717, 1.165) is 12.8 Å². The average molecular weight is 352 g/mol. The highest BCUT2D eigenvalue weighted by molar-refractivity contribution is 7.89. The lowest BCUT2D eigenvalue weighted by atomic mass is 9.98. The molecule has 3 atom stereocenters. The summed E-state index contributed by atoms with van der Waals surface area (Å²) in [5.74, 6) is 0.773. The highest BCUT2D eigenvalue weighted by Gasteiger charge is 2.34. The fraction of sp³-hybridized carbons (Fsp3) is 0.571. The zero-order chi connectivity index (χ0) is 15.8. The molecule has 1 saturated carbocycles. The van der Waals surface area contributed by atoms with Crippen LogP contribution in [0.3, 0.4) is 0 Å². The van der Waals surface area contributed by atoms with Crippen molar-refractivity contribution >= 4 is 33.2 Å². The SMILES string of the molecule is CC1CCC(NS(=O)(=O)c2ccc(Cl)c(CO)c2Cl)C1C. The van der Waals surface area contributed by atoms with Gasteiger partial charge in [-0.05, 0) is 36.8 Å². The quantitative estimate of drug-likeness (QED) is 0.875. The maximum atomic E-state index is 12.5. The Morgan fingerprint density at radius 3 is 2.48 bits per heavy atom. The lowest BCUT2D eigenvalue weighted by Gasteiger charge is -2.20. The molecule has 118 valence electrons. The number of rotatable bonds is 4. The number of benzene rings is 1. The lowest BCUT2D eigenvalue weighted by Crippen LogP contribution is -2.37. The minimum absolute atomic E-state index is 0.0174. The molecule has 21 heavy (non-hydrogen) atoms. The Bertz CT molecular complexity index is 633. The van der Waals surface area contributed by atoms with Gasteiger partial charge in [-0.1, -0.05) is 37.0 Å². The van der Waals surface area contributed by atoms with E-state index in [4.69, 9.17) is 23.2 Å². The van der Waals surface area contributed by atoms with E-state index in [0.29, 0.717) is 5.92 Å². The van der Waals surface area contributed by atoms with Gasteiger partial charge in [-0.2, -0.15) is 0 Å². The molecule has 7 heteroatoms. The number of nitrogens with one attached hydrogen (secondary N) is 1. The van der Waals surface area contributed by atoms with Crippen LogP contribution in [0.5, 0.6) is 0 Å². The van der Waals surface area contributed by atoms with Crippen LogP contribution in [-0.4, -0.2) is 19.6 Å². The van der Waals surface area contributed by atoms with Crippen molar-refractivity contribution < 1.29 is 13.5 Å². The van der Waals surface area contributed by atoms with Crippen molar-refractivity contribution in [2.45, 2.75) is 44.2 Å². The number of aliphatic hydroxyl groups is 1. The minimum Gasteiger partial charge on any atom is -0.392 e. The van der Waals surface area contributed by atoms with Crippen molar-refractivity contribution in [3.63, 3.8) is 0 Å². The molecule has 0 heterocycles. The molecule has 3 unspecified atom stereocenters. The summed E-state index contributed by atoms with van der Waals surface area (Å²) in [6.45, 7) is 3.77. The van der Waals surface area contributed by atoms with Gasteiger partial charge >= 0.3 is 0 Å². The molecule has 0 radical (unpaired) electrons. The Kier molecular flexibility index (Phi) is 5.21. The van der Waals surface area contributed by atoms with Gasteiger partial charge in [0, 0.05) is 16.6 Å². The van der Waals surface area contributed by atoms with Crippen LogP contribution in [0.15, 0.2) is 17.0 Å². The highest BCUT2D eigenvalue weighted by atomic mass is 35.5. The third-order valence-corrected chi connectivity index (χ3v) is 6.80. The Morgan fingerprint density at radius 1 is 1.29 bits per heavy atom. The summed E-state index contributed by atoms with van der Waals surface area (Å²) in [4.78, 5) is -0.0376. The second-order valence-electron chi connectivity index (χ2n) is 5.64. The first-order valence-electron chi connectivity index (χ1n) is 6.88. The molecule has 0 saturated heterocycles. The Hall–Kier alpha value is -0.330. The van der Waals surface area contributed by atoms with Crippen LogP contribution < -0.4 is 4.72 Å². The van der Waals surface area contributed by atoms with E-state index in [1.807, 2.05) is 6.92 Å². The first-order chi connectivity index (χ1) is 9.77. The van der Waals surface area contributed by atoms with E-state index in [-0.39, 0.29) is 32.5 Å². The zero-order valence-corrected chi connectivity index (χ0v) is 14.3. The molecule has 2 N–H and O–H groups in total. The predicted molar refractivity (Wildman–Crippen MR) is 84.1 cm³/mol. The van der Waals surface area contributed by atoms with Gasteiger partial charge in [-0.3, -0.25) is 0 Å². The molecular weight excluding hydrogens is 333 g/mol. The molecule has 0 spiro atoms. The molecule has 2 rings (SSSR count). The van der Waals surface area contributed by atoms with Crippen LogP contribution in [0.1, 0.15) is 32.3 Å². The molecule has 0 aliphatic heterocycles. The summed E-state index contributed by atoms with van der Waals surface area (Å²) in [5, 5.41) is 9.50. The summed E-state index contributed by atoms with van der Waals surface area (Å²) < 4.78 is 27.8. The average Bonchev–Trinajstić information content (AvgIpc) is 2.70. The van der Waals surface area contributed by atoms with Gasteiger partial charge in [0.1, 0.15) is 4.90 Å². The number of hydrogen-bond donors (Lipinski definition) is 2. The van der Waals surface area contributed by atoms with Crippen LogP contribution in [-0.2, 0) is 16.6 Å². The third kappa shape index (κ3) is 3.37. The van der Waals surface area contributed by atoms with E-state index < -0.39 is 16.6 Å². The second-order valence-corrected chi connectivity index (χ2v) is 8.11. The fourth-order valence-corrected chi connectivity index (χ4v) is 4.98. The molecule has 1 aliphatic rings. The van der Waals surface area contributed by atoms with Crippen molar-refractivity contribution in [1.82, 2.24) is 4.72 Å². The van der Waals surface area contributed by atoms with Crippen LogP contribution >= 0.6 is 23.2 Å². The lowest BCUT2D eigenvalue weighted by molar-refractivity contribution is 0.281. The van der Waals surface area contributed by atoms with E-state index in [9.17, 15) is 13.5 Å².